The highest BCUT2D eigenvalue weighted by molar-refractivity contribution is 9.10. The molecule has 3 aromatic rings. The molecule has 2 aromatic carbocycles. The molecule has 0 saturated heterocycles. The van der Waals surface area contributed by atoms with Gasteiger partial charge in [-0.2, -0.15) is 0 Å². The quantitative estimate of drug-likeness (QED) is 0.591. The maximum absolute atomic E-state index is 12.9. The lowest BCUT2D eigenvalue weighted by molar-refractivity contribution is -0.132. The number of rotatable bonds is 4. The fourth-order valence-corrected chi connectivity index (χ4v) is 3.21. The second-order valence-corrected chi connectivity index (χ2v) is 8.03. The Bertz CT molecular complexity index is 974. The Hall–Kier alpha value is -2.60. The van der Waals surface area contributed by atoms with Gasteiger partial charge in [0.1, 0.15) is 0 Å². The number of hydrogen-bond donors (Lipinski definition) is 1. The maximum atomic E-state index is 12.9. The van der Waals surface area contributed by atoms with Gasteiger partial charge < -0.3 is 14.5 Å². The van der Waals surface area contributed by atoms with Crippen molar-refractivity contribution in [2.24, 2.45) is 0 Å². The zero-order valence-electron chi connectivity index (χ0n) is 15.3. The van der Waals surface area contributed by atoms with E-state index in [1.807, 2.05) is 45.0 Å². The van der Waals surface area contributed by atoms with Gasteiger partial charge in [0.15, 0.2) is 5.76 Å². The Morgan fingerprint density at radius 3 is 2.37 bits per heavy atom. The zero-order chi connectivity index (χ0) is 19.6. The number of ether oxygens (including phenoxy) is 1. The van der Waals surface area contributed by atoms with Crippen LogP contribution in [-0.4, -0.2) is 17.4 Å². The third-order valence-corrected chi connectivity index (χ3v) is 4.55. The van der Waals surface area contributed by atoms with Crippen LogP contribution in [0.4, 0.5) is 0 Å². The Kier molecular flexibility index (Phi) is 5.37. The summed E-state index contributed by atoms with van der Waals surface area (Å²) < 4.78 is 11.8. The van der Waals surface area contributed by atoms with E-state index >= 15 is 0 Å². The summed E-state index contributed by atoms with van der Waals surface area (Å²) in [5.41, 5.74) is -0.0903. The minimum atomic E-state index is -1.17. The van der Waals surface area contributed by atoms with Crippen LogP contribution < -0.4 is 5.32 Å². The number of carbonyl (C=O) groups excluding carboxylic acids is 2. The molecule has 1 amide bonds. The van der Waals surface area contributed by atoms with Gasteiger partial charge in [-0.25, -0.2) is 4.79 Å². The molecule has 0 bridgehead atoms. The number of carbonyl (C=O) groups is 2. The van der Waals surface area contributed by atoms with Gasteiger partial charge in [0, 0.05) is 10.0 Å². The van der Waals surface area contributed by atoms with Gasteiger partial charge in [0.2, 0.25) is 6.10 Å². The Morgan fingerprint density at radius 2 is 1.74 bits per heavy atom. The van der Waals surface area contributed by atoms with Crippen molar-refractivity contribution < 1.29 is 18.7 Å². The number of fused-ring (bicyclic) bond motifs is 1. The van der Waals surface area contributed by atoms with Crippen LogP contribution >= 0.6 is 15.9 Å². The summed E-state index contributed by atoms with van der Waals surface area (Å²) in [4.78, 5) is 25.6. The number of benzene rings is 2. The topological polar surface area (TPSA) is 68.5 Å². The van der Waals surface area contributed by atoms with E-state index in [1.54, 1.807) is 24.3 Å². The molecule has 0 saturated carbocycles. The van der Waals surface area contributed by atoms with E-state index in [1.165, 1.54) is 6.26 Å². The van der Waals surface area contributed by atoms with Crippen molar-refractivity contribution >= 4 is 38.6 Å². The molecule has 0 spiro atoms. The standard InChI is InChI=1S/C21H20BrNO4/c1-21(2,3)23-19(24)18(17-9-6-12-26-17)27-20(25)15-10-11-16(22)14-8-5-4-7-13(14)15/h4-12,18H,1-3H3,(H,23,24). The average molecular weight is 430 g/mol. The van der Waals surface area contributed by atoms with E-state index in [4.69, 9.17) is 9.15 Å². The third-order valence-electron chi connectivity index (χ3n) is 3.85. The lowest BCUT2D eigenvalue weighted by Gasteiger charge is -2.24. The van der Waals surface area contributed by atoms with Crippen LogP contribution in [-0.2, 0) is 9.53 Å². The maximum Gasteiger partial charge on any atom is 0.340 e. The highest BCUT2D eigenvalue weighted by Crippen LogP contribution is 2.29. The van der Waals surface area contributed by atoms with E-state index < -0.39 is 23.5 Å². The van der Waals surface area contributed by atoms with Crippen LogP contribution in [0.1, 0.15) is 43.0 Å². The summed E-state index contributed by atoms with van der Waals surface area (Å²) >= 11 is 3.49. The molecule has 5 nitrogen and oxygen atoms in total. The zero-order valence-corrected chi connectivity index (χ0v) is 16.9. The monoisotopic (exact) mass is 429 g/mol. The molecule has 1 N–H and O–H groups in total. The first kappa shape index (κ1) is 19.2. The molecule has 140 valence electrons. The van der Waals surface area contributed by atoms with Gasteiger partial charge in [-0.3, -0.25) is 4.79 Å². The summed E-state index contributed by atoms with van der Waals surface area (Å²) in [5.74, 6) is -0.761. The predicted molar refractivity (Wildman–Crippen MR) is 106 cm³/mol. The minimum absolute atomic E-state index is 0.270. The molecule has 1 atom stereocenters. The molecule has 1 unspecified atom stereocenters. The van der Waals surface area contributed by atoms with Crippen LogP contribution in [0.3, 0.4) is 0 Å². The van der Waals surface area contributed by atoms with Gasteiger partial charge in [0.25, 0.3) is 5.91 Å². The highest BCUT2D eigenvalue weighted by atomic mass is 79.9. The number of halogens is 1. The van der Waals surface area contributed by atoms with Crippen molar-refractivity contribution in [3.05, 3.63) is 70.6 Å². The van der Waals surface area contributed by atoms with Gasteiger partial charge in [-0.15, -0.1) is 0 Å². The van der Waals surface area contributed by atoms with E-state index in [9.17, 15) is 9.59 Å². The van der Waals surface area contributed by atoms with Crippen LogP contribution in [0, 0.1) is 0 Å². The van der Waals surface area contributed by atoms with Crippen molar-refractivity contribution in [1.29, 1.82) is 0 Å². The molecule has 1 aromatic heterocycles. The van der Waals surface area contributed by atoms with Crippen LogP contribution in [0.15, 0.2) is 63.7 Å². The molecule has 27 heavy (non-hydrogen) atoms. The minimum Gasteiger partial charge on any atom is -0.465 e. The SMILES string of the molecule is CC(C)(C)NC(=O)C(OC(=O)c1ccc(Br)c2ccccc12)c1ccco1. The predicted octanol–water partition coefficient (Wildman–Crippen LogP) is 5.01. The number of nitrogens with one attached hydrogen (secondary N) is 1. The molecule has 0 radical (unpaired) electrons. The fraction of sp³-hybridized carbons (Fsp3) is 0.238. The van der Waals surface area contributed by atoms with Gasteiger partial charge in [-0.1, -0.05) is 40.2 Å². The fourth-order valence-electron chi connectivity index (χ4n) is 2.73. The normalized spacial score (nSPS) is 12.6. The molecular formula is C21H20BrNO4. The summed E-state index contributed by atoms with van der Waals surface area (Å²) in [6.45, 7) is 5.57. The lowest BCUT2D eigenvalue weighted by atomic mass is 10.0. The number of furan rings is 1. The summed E-state index contributed by atoms with van der Waals surface area (Å²) in [6, 6.07) is 14.2. The molecule has 0 aliphatic heterocycles. The average Bonchev–Trinajstić information content (AvgIpc) is 3.12. The second-order valence-electron chi connectivity index (χ2n) is 7.18. The summed E-state index contributed by atoms with van der Waals surface area (Å²) in [5, 5.41) is 4.46. The molecule has 6 heteroatoms. The van der Waals surface area contributed by atoms with Crippen molar-refractivity contribution in [2.45, 2.75) is 32.4 Å². The van der Waals surface area contributed by atoms with Gasteiger partial charge >= 0.3 is 5.97 Å². The second kappa shape index (κ2) is 7.56. The first-order chi connectivity index (χ1) is 12.8. The van der Waals surface area contributed by atoms with Crippen molar-refractivity contribution in [1.82, 2.24) is 5.32 Å². The molecule has 1 heterocycles. The third kappa shape index (κ3) is 4.39. The largest absolute Gasteiger partial charge is 0.465 e. The van der Waals surface area contributed by atoms with Gasteiger partial charge in [0.05, 0.1) is 11.8 Å². The van der Waals surface area contributed by atoms with E-state index in [-0.39, 0.29) is 5.76 Å². The summed E-state index contributed by atoms with van der Waals surface area (Å²) in [7, 11) is 0. The molecule has 0 aliphatic carbocycles. The molecule has 0 fully saturated rings. The first-order valence-corrected chi connectivity index (χ1v) is 9.29. The van der Waals surface area contributed by atoms with E-state index in [0.717, 1.165) is 15.2 Å². The van der Waals surface area contributed by atoms with E-state index in [0.29, 0.717) is 5.56 Å². The van der Waals surface area contributed by atoms with Crippen LogP contribution in [0.2, 0.25) is 0 Å². The summed E-state index contributed by atoms with van der Waals surface area (Å²) in [6.07, 6.45) is 0.268. The van der Waals surface area contributed by atoms with Gasteiger partial charge in [-0.05, 0) is 55.8 Å². The molecular weight excluding hydrogens is 410 g/mol. The first-order valence-electron chi connectivity index (χ1n) is 8.50. The van der Waals surface area contributed by atoms with E-state index in [2.05, 4.69) is 21.2 Å². The molecule has 3 rings (SSSR count). The number of hydrogen-bond acceptors (Lipinski definition) is 4. The number of amides is 1. The Balaban J connectivity index is 1.94. The Labute approximate surface area is 165 Å². The highest BCUT2D eigenvalue weighted by Gasteiger charge is 2.31. The van der Waals surface area contributed by atoms with Crippen molar-refractivity contribution in [2.75, 3.05) is 0 Å². The lowest BCUT2D eigenvalue weighted by Crippen LogP contribution is -2.44. The number of esters is 1. The van der Waals surface area contributed by atoms with Crippen molar-refractivity contribution in [3.63, 3.8) is 0 Å². The molecule has 0 aliphatic rings. The van der Waals surface area contributed by atoms with Crippen LogP contribution in [0.25, 0.3) is 10.8 Å². The van der Waals surface area contributed by atoms with Crippen molar-refractivity contribution in [3.8, 4) is 0 Å². The smallest absolute Gasteiger partial charge is 0.340 e. The Morgan fingerprint density at radius 1 is 1.04 bits per heavy atom. The van der Waals surface area contributed by atoms with Crippen LogP contribution in [0.5, 0.6) is 0 Å².